The van der Waals surface area contributed by atoms with Crippen molar-refractivity contribution in [1.29, 1.82) is 0 Å². The second-order valence-corrected chi connectivity index (χ2v) is 13.3. The highest BCUT2D eigenvalue weighted by molar-refractivity contribution is 6.14. The van der Waals surface area contributed by atoms with Gasteiger partial charge in [-0.25, -0.2) is 0 Å². The Balaban J connectivity index is 1.18. The second-order valence-electron chi connectivity index (χ2n) is 13.3. The van der Waals surface area contributed by atoms with Crippen molar-refractivity contribution in [3.63, 3.8) is 0 Å². The Kier molecular flexibility index (Phi) is 7.18. The summed E-state index contributed by atoms with van der Waals surface area (Å²) in [7, 11) is 0. The predicted octanol–water partition coefficient (Wildman–Crippen LogP) is 14.4. The molecule has 0 fully saturated rings. The molecule has 0 saturated heterocycles. The van der Waals surface area contributed by atoms with Crippen LogP contribution in [0.1, 0.15) is 0 Å². The van der Waals surface area contributed by atoms with E-state index in [1.165, 1.54) is 43.8 Å². The molecule has 10 rings (SSSR count). The Morgan fingerprint density at radius 1 is 0.327 bits per heavy atom. The summed E-state index contributed by atoms with van der Waals surface area (Å²) in [6, 6.07) is 71.7. The Morgan fingerprint density at radius 2 is 0.827 bits per heavy atom. The Bertz CT molecular complexity index is 2910. The highest BCUT2D eigenvalue weighted by Gasteiger charge is 2.22. The number of anilines is 3. The average molecular weight is 664 g/mol. The van der Waals surface area contributed by atoms with Crippen LogP contribution in [0.4, 0.5) is 17.1 Å². The maximum atomic E-state index is 6.43. The molecule has 0 spiro atoms. The van der Waals surface area contributed by atoms with E-state index in [4.69, 9.17) is 4.42 Å². The van der Waals surface area contributed by atoms with E-state index >= 15 is 0 Å². The summed E-state index contributed by atoms with van der Waals surface area (Å²) < 4.78 is 6.43. The lowest BCUT2D eigenvalue weighted by Crippen LogP contribution is -2.11. The van der Waals surface area contributed by atoms with Crippen molar-refractivity contribution in [2.75, 3.05) is 4.90 Å². The molecular formula is C50H33NO. The standard InChI is InChI=1S/C50H33NO/c1-3-19-40-34(13-1)15-10-23-42(40)36-29-31-37(32-30-36)44-21-5-7-25-46(44)51(47-26-12-28-49-50(47)45-22-6-8-27-48(45)52-49)39-18-9-17-38(33-39)43-24-11-16-35-14-2-4-20-41(35)43/h1-33H. The maximum absolute atomic E-state index is 6.43. The molecule has 52 heavy (non-hydrogen) atoms. The van der Waals surface area contributed by atoms with Gasteiger partial charge in [0.15, 0.2) is 0 Å². The first-order valence-electron chi connectivity index (χ1n) is 17.8. The van der Waals surface area contributed by atoms with E-state index in [2.05, 4.69) is 199 Å². The zero-order chi connectivity index (χ0) is 34.4. The van der Waals surface area contributed by atoms with Gasteiger partial charge in [-0.3, -0.25) is 0 Å². The molecule has 9 aromatic carbocycles. The van der Waals surface area contributed by atoms with Gasteiger partial charge in [0.25, 0.3) is 0 Å². The van der Waals surface area contributed by atoms with Crippen LogP contribution < -0.4 is 4.90 Å². The lowest BCUT2D eigenvalue weighted by molar-refractivity contribution is 0.669. The molecule has 0 aliphatic heterocycles. The van der Waals surface area contributed by atoms with Crippen LogP contribution in [-0.2, 0) is 0 Å². The Morgan fingerprint density at radius 3 is 1.58 bits per heavy atom. The number of benzene rings is 9. The molecule has 10 aromatic rings. The third-order valence-corrected chi connectivity index (χ3v) is 10.3. The van der Waals surface area contributed by atoms with Gasteiger partial charge in [0.2, 0.25) is 0 Å². The highest BCUT2D eigenvalue weighted by atomic mass is 16.3. The van der Waals surface area contributed by atoms with Gasteiger partial charge in [-0.2, -0.15) is 0 Å². The van der Waals surface area contributed by atoms with Gasteiger partial charge in [-0.15, -0.1) is 0 Å². The van der Waals surface area contributed by atoms with Crippen LogP contribution in [0.2, 0.25) is 0 Å². The van der Waals surface area contributed by atoms with Crippen molar-refractivity contribution >= 4 is 60.5 Å². The maximum Gasteiger partial charge on any atom is 0.137 e. The molecule has 0 aliphatic rings. The quantitative estimate of drug-likeness (QED) is 0.176. The van der Waals surface area contributed by atoms with Crippen LogP contribution in [-0.4, -0.2) is 0 Å². The molecular weight excluding hydrogens is 631 g/mol. The first-order chi connectivity index (χ1) is 25.8. The normalized spacial score (nSPS) is 11.5. The summed E-state index contributed by atoms with van der Waals surface area (Å²) >= 11 is 0. The Hall–Kier alpha value is -6.90. The van der Waals surface area contributed by atoms with E-state index in [1.807, 2.05) is 6.07 Å². The minimum atomic E-state index is 0.867. The first-order valence-corrected chi connectivity index (χ1v) is 17.8. The monoisotopic (exact) mass is 663 g/mol. The van der Waals surface area contributed by atoms with E-state index in [1.54, 1.807) is 0 Å². The van der Waals surface area contributed by atoms with E-state index in [-0.39, 0.29) is 0 Å². The number of para-hydroxylation sites is 2. The fraction of sp³-hybridized carbons (Fsp3) is 0. The third-order valence-electron chi connectivity index (χ3n) is 10.3. The van der Waals surface area contributed by atoms with Gasteiger partial charge in [-0.05, 0) is 85.8 Å². The minimum Gasteiger partial charge on any atom is -0.456 e. The molecule has 0 N–H and O–H groups in total. The topological polar surface area (TPSA) is 16.4 Å². The molecule has 0 saturated carbocycles. The molecule has 0 atom stereocenters. The molecule has 2 nitrogen and oxygen atoms in total. The summed E-state index contributed by atoms with van der Waals surface area (Å²) in [5, 5.41) is 7.17. The smallest absolute Gasteiger partial charge is 0.137 e. The van der Waals surface area contributed by atoms with Gasteiger partial charge < -0.3 is 9.32 Å². The first kappa shape index (κ1) is 30.0. The van der Waals surface area contributed by atoms with Gasteiger partial charge in [0, 0.05) is 16.6 Å². The van der Waals surface area contributed by atoms with Gasteiger partial charge in [0.1, 0.15) is 11.2 Å². The van der Waals surface area contributed by atoms with Crippen LogP contribution >= 0.6 is 0 Å². The molecule has 0 bridgehead atoms. The fourth-order valence-electron chi connectivity index (χ4n) is 7.86. The molecule has 244 valence electrons. The molecule has 0 unspecified atom stereocenters. The molecule has 1 heterocycles. The van der Waals surface area contributed by atoms with Crippen LogP contribution in [0.3, 0.4) is 0 Å². The van der Waals surface area contributed by atoms with E-state index < -0.39 is 0 Å². The van der Waals surface area contributed by atoms with E-state index in [0.29, 0.717) is 0 Å². The number of rotatable bonds is 6. The van der Waals surface area contributed by atoms with Crippen molar-refractivity contribution < 1.29 is 4.42 Å². The van der Waals surface area contributed by atoms with Crippen LogP contribution in [0.15, 0.2) is 205 Å². The Labute approximate surface area is 302 Å². The summed E-state index contributed by atoms with van der Waals surface area (Å²) in [5.41, 5.74) is 12.1. The summed E-state index contributed by atoms with van der Waals surface area (Å²) in [5.74, 6) is 0. The van der Waals surface area contributed by atoms with Crippen LogP contribution in [0.25, 0.3) is 76.9 Å². The van der Waals surface area contributed by atoms with Gasteiger partial charge >= 0.3 is 0 Å². The lowest BCUT2D eigenvalue weighted by atomic mass is 9.95. The molecule has 1 aromatic heterocycles. The van der Waals surface area contributed by atoms with Crippen molar-refractivity contribution in [3.05, 3.63) is 200 Å². The van der Waals surface area contributed by atoms with Crippen LogP contribution in [0, 0.1) is 0 Å². The molecule has 0 aliphatic carbocycles. The molecule has 0 radical (unpaired) electrons. The van der Waals surface area contributed by atoms with Gasteiger partial charge in [-0.1, -0.05) is 164 Å². The SMILES string of the molecule is c1cc(-c2cccc3ccccc23)cc(N(c2ccccc2-c2ccc(-c3cccc4ccccc34)cc2)c2cccc3oc4ccccc4c23)c1. The summed E-state index contributed by atoms with van der Waals surface area (Å²) in [6.45, 7) is 0. The number of hydrogen-bond acceptors (Lipinski definition) is 2. The number of hydrogen-bond donors (Lipinski definition) is 0. The van der Waals surface area contributed by atoms with Crippen molar-refractivity contribution in [1.82, 2.24) is 0 Å². The number of fused-ring (bicyclic) bond motifs is 5. The summed E-state index contributed by atoms with van der Waals surface area (Å²) in [4.78, 5) is 2.41. The van der Waals surface area contributed by atoms with Crippen molar-refractivity contribution in [2.45, 2.75) is 0 Å². The fourth-order valence-corrected chi connectivity index (χ4v) is 7.86. The number of nitrogens with zero attached hydrogens (tertiary/aromatic N) is 1. The van der Waals surface area contributed by atoms with Crippen LogP contribution in [0.5, 0.6) is 0 Å². The number of furan rings is 1. The third kappa shape index (κ3) is 5.04. The van der Waals surface area contributed by atoms with Crippen molar-refractivity contribution in [2.24, 2.45) is 0 Å². The van der Waals surface area contributed by atoms with E-state index in [9.17, 15) is 0 Å². The summed E-state index contributed by atoms with van der Waals surface area (Å²) in [6.07, 6.45) is 0. The largest absolute Gasteiger partial charge is 0.456 e. The van der Waals surface area contributed by atoms with E-state index in [0.717, 1.165) is 50.1 Å². The second kappa shape index (κ2) is 12.5. The zero-order valence-corrected chi connectivity index (χ0v) is 28.4. The zero-order valence-electron chi connectivity index (χ0n) is 28.4. The predicted molar refractivity (Wildman–Crippen MR) is 220 cm³/mol. The highest BCUT2D eigenvalue weighted by Crippen LogP contribution is 2.47. The minimum absolute atomic E-state index is 0.867. The molecule has 0 amide bonds. The van der Waals surface area contributed by atoms with Gasteiger partial charge in [0.05, 0.1) is 16.8 Å². The van der Waals surface area contributed by atoms with Crippen molar-refractivity contribution in [3.8, 4) is 33.4 Å². The lowest BCUT2D eigenvalue weighted by Gasteiger charge is -2.29. The molecule has 2 heteroatoms. The average Bonchev–Trinajstić information content (AvgIpc) is 3.60.